The number of hydrazone groups is 1. The Labute approximate surface area is 180 Å². The lowest BCUT2D eigenvalue weighted by molar-refractivity contribution is 0.0712. The van der Waals surface area contributed by atoms with Crippen LogP contribution in [0.15, 0.2) is 84.0 Å². The largest absolute Gasteiger partial charge is 0.507 e. The van der Waals surface area contributed by atoms with Crippen LogP contribution in [0.1, 0.15) is 33.9 Å². The monoisotopic (exact) mass is 435 g/mol. The number of rotatable bonds is 5. The molecule has 2 N–H and O–H groups in total. The van der Waals surface area contributed by atoms with Gasteiger partial charge in [-0.25, -0.2) is 13.4 Å². The molecule has 3 aromatic carbocycles. The van der Waals surface area contributed by atoms with Gasteiger partial charge in [0.1, 0.15) is 5.75 Å². The fourth-order valence-corrected chi connectivity index (χ4v) is 4.20. The van der Waals surface area contributed by atoms with Crippen LogP contribution in [0.4, 0.5) is 5.69 Å². The molecular formula is C23H21N3O4S. The average molecular weight is 436 g/mol. The van der Waals surface area contributed by atoms with E-state index in [0.717, 1.165) is 6.26 Å². The van der Waals surface area contributed by atoms with Gasteiger partial charge in [0.05, 0.1) is 23.7 Å². The number of nitrogens with zero attached hydrogens (tertiary/aromatic N) is 2. The summed E-state index contributed by atoms with van der Waals surface area (Å²) in [5, 5.41) is 16.2. The molecule has 0 unspecified atom stereocenters. The van der Waals surface area contributed by atoms with Gasteiger partial charge in [-0.05, 0) is 30.3 Å². The van der Waals surface area contributed by atoms with Gasteiger partial charge in [-0.15, -0.1) is 0 Å². The van der Waals surface area contributed by atoms with Gasteiger partial charge in [-0.3, -0.25) is 9.52 Å². The van der Waals surface area contributed by atoms with Crippen molar-refractivity contribution < 1.29 is 18.3 Å². The van der Waals surface area contributed by atoms with Crippen molar-refractivity contribution in [3.63, 3.8) is 0 Å². The summed E-state index contributed by atoms with van der Waals surface area (Å²) in [6.07, 6.45) is 1.40. The maximum Gasteiger partial charge on any atom is 0.274 e. The van der Waals surface area contributed by atoms with Crippen molar-refractivity contribution in [2.24, 2.45) is 5.10 Å². The molecule has 0 spiro atoms. The molecule has 8 heteroatoms. The van der Waals surface area contributed by atoms with Crippen LogP contribution in [-0.2, 0) is 10.0 Å². The van der Waals surface area contributed by atoms with Gasteiger partial charge in [0.25, 0.3) is 5.91 Å². The fraction of sp³-hybridized carbons (Fsp3) is 0.130. The molecule has 31 heavy (non-hydrogen) atoms. The molecule has 1 amide bonds. The molecule has 0 bridgehead atoms. The lowest BCUT2D eigenvalue weighted by Gasteiger charge is -2.24. The molecule has 1 aliphatic rings. The summed E-state index contributed by atoms with van der Waals surface area (Å²) in [5.41, 5.74) is 2.54. The molecule has 1 atom stereocenters. The number of nitrogens with one attached hydrogen (secondary N) is 1. The van der Waals surface area contributed by atoms with Crippen LogP contribution in [0.3, 0.4) is 0 Å². The fourth-order valence-electron chi connectivity index (χ4n) is 3.61. The molecule has 0 aliphatic carbocycles. The zero-order valence-corrected chi connectivity index (χ0v) is 17.6. The first-order valence-electron chi connectivity index (χ1n) is 9.64. The first kappa shape index (κ1) is 20.6. The van der Waals surface area contributed by atoms with Crippen molar-refractivity contribution in [1.29, 1.82) is 0 Å². The minimum absolute atomic E-state index is 0.0663. The third kappa shape index (κ3) is 4.44. The van der Waals surface area contributed by atoms with E-state index in [0.29, 0.717) is 34.5 Å². The van der Waals surface area contributed by atoms with Crippen LogP contribution in [0.2, 0.25) is 0 Å². The van der Waals surface area contributed by atoms with E-state index >= 15 is 0 Å². The number of benzene rings is 3. The highest BCUT2D eigenvalue weighted by Crippen LogP contribution is 2.38. The molecule has 0 saturated heterocycles. The van der Waals surface area contributed by atoms with Crippen LogP contribution in [0.5, 0.6) is 5.75 Å². The van der Waals surface area contributed by atoms with E-state index in [1.54, 1.807) is 72.8 Å². The van der Waals surface area contributed by atoms with Crippen LogP contribution in [0.25, 0.3) is 0 Å². The Morgan fingerprint density at radius 1 is 1.00 bits per heavy atom. The number of para-hydroxylation sites is 2. The van der Waals surface area contributed by atoms with Gasteiger partial charge in [0.15, 0.2) is 0 Å². The number of aromatic hydroxyl groups is 1. The van der Waals surface area contributed by atoms with E-state index < -0.39 is 16.1 Å². The van der Waals surface area contributed by atoms with Crippen LogP contribution < -0.4 is 4.72 Å². The summed E-state index contributed by atoms with van der Waals surface area (Å²) in [6, 6.07) is 21.9. The van der Waals surface area contributed by atoms with E-state index in [1.807, 2.05) is 6.07 Å². The van der Waals surface area contributed by atoms with Crippen LogP contribution >= 0.6 is 0 Å². The Kier molecular flexibility index (Phi) is 5.48. The molecule has 7 nitrogen and oxygen atoms in total. The zero-order chi connectivity index (χ0) is 22.0. The van der Waals surface area contributed by atoms with Gasteiger partial charge in [-0.2, -0.15) is 5.10 Å². The molecule has 0 saturated carbocycles. The Balaban J connectivity index is 1.80. The topological polar surface area (TPSA) is 99.1 Å². The maximum atomic E-state index is 13.3. The first-order valence-corrected chi connectivity index (χ1v) is 11.5. The molecule has 1 heterocycles. The third-order valence-electron chi connectivity index (χ3n) is 4.97. The molecule has 3 aromatic rings. The number of sulfonamides is 1. The number of hydrogen-bond acceptors (Lipinski definition) is 5. The Morgan fingerprint density at radius 3 is 2.35 bits per heavy atom. The van der Waals surface area contributed by atoms with Gasteiger partial charge < -0.3 is 5.11 Å². The number of carbonyl (C=O) groups is 1. The SMILES string of the molecule is CS(=O)(=O)Nc1ccccc1[C@@H]1CC(c2ccccc2O)=NN1C(=O)c1ccccc1. The second kappa shape index (κ2) is 8.23. The molecule has 1 aliphatic heterocycles. The predicted octanol–water partition coefficient (Wildman–Crippen LogP) is 3.76. The first-order chi connectivity index (χ1) is 14.8. The average Bonchev–Trinajstić information content (AvgIpc) is 3.18. The maximum absolute atomic E-state index is 13.3. The third-order valence-corrected chi connectivity index (χ3v) is 5.56. The van der Waals surface area contributed by atoms with Gasteiger partial charge >= 0.3 is 0 Å². The minimum Gasteiger partial charge on any atom is -0.507 e. The summed E-state index contributed by atoms with van der Waals surface area (Å²) < 4.78 is 26.3. The van der Waals surface area contributed by atoms with E-state index in [4.69, 9.17) is 0 Å². The number of phenols is 1. The van der Waals surface area contributed by atoms with Gasteiger partial charge in [0, 0.05) is 23.1 Å². The van der Waals surface area contributed by atoms with Crippen molar-refractivity contribution in [2.75, 3.05) is 11.0 Å². The normalized spacial score (nSPS) is 16.1. The lowest BCUT2D eigenvalue weighted by Crippen LogP contribution is -2.28. The zero-order valence-electron chi connectivity index (χ0n) is 16.8. The summed E-state index contributed by atoms with van der Waals surface area (Å²) in [7, 11) is -3.52. The smallest absolute Gasteiger partial charge is 0.274 e. The van der Waals surface area contributed by atoms with Crippen LogP contribution in [0, 0.1) is 0 Å². The lowest BCUT2D eigenvalue weighted by atomic mass is 9.96. The molecule has 158 valence electrons. The minimum atomic E-state index is -3.52. The van der Waals surface area contributed by atoms with Gasteiger partial charge in [-0.1, -0.05) is 48.5 Å². The Bertz CT molecular complexity index is 1260. The highest BCUT2D eigenvalue weighted by atomic mass is 32.2. The van der Waals surface area contributed by atoms with E-state index in [-0.39, 0.29) is 11.7 Å². The number of phenolic OH excluding ortho intramolecular Hbond substituents is 1. The number of carbonyl (C=O) groups excluding carboxylic acids is 1. The molecule has 4 rings (SSSR count). The summed E-state index contributed by atoms with van der Waals surface area (Å²) in [6.45, 7) is 0. The van der Waals surface area contributed by atoms with Crippen molar-refractivity contribution in [3.05, 3.63) is 95.6 Å². The van der Waals surface area contributed by atoms with E-state index in [2.05, 4.69) is 9.82 Å². The quantitative estimate of drug-likeness (QED) is 0.637. The highest BCUT2D eigenvalue weighted by Gasteiger charge is 2.35. The standard InChI is InChI=1S/C23H21N3O4S/c1-31(29,30)25-19-13-7-5-11-17(19)21-15-20(18-12-6-8-14-22(18)27)24-26(21)23(28)16-9-3-2-4-10-16/h2-14,21,25,27H,15H2,1H3/t21-/m0/s1. The second-order valence-corrected chi connectivity index (χ2v) is 9.01. The molecule has 0 aromatic heterocycles. The summed E-state index contributed by atoms with van der Waals surface area (Å²) in [4.78, 5) is 13.3. The predicted molar refractivity (Wildman–Crippen MR) is 120 cm³/mol. The van der Waals surface area contributed by atoms with Crippen LogP contribution in [-0.4, -0.2) is 36.4 Å². The highest BCUT2D eigenvalue weighted by molar-refractivity contribution is 7.92. The van der Waals surface area contributed by atoms with Crippen molar-refractivity contribution in [3.8, 4) is 5.75 Å². The summed E-state index contributed by atoms with van der Waals surface area (Å²) >= 11 is 0. The van der Waals surface area contributed by atoms with Crippen molar-refractivity contribution in [1.82, 2.24) is 5.01 Å². The number of anilines is 1. The van der Waals surface area contributed by atoms with Crippen molar-refractivity contribution >= 4 is 27.3 Å². The Hall–Kier alpha value is -3.65. The summed E-state index contributed by atoms with van der Waals surface area (Å²) in [5.74, 6) is -0.248. The molecule has 0 fully saturated rings. The van der Waals surface area contributed by atoms with E-state index in [1.165, 1.54) is 5.01 Å². The Morgan fingerprint density at radius 2 is 1.65 bits per heavy atom. The molecule has 0 radical (unpaired) electrons. The van der Waals surface area contributed by atoms with E-state index in [9.17, 15) is 18.3 Å². The molecular weight excluding hydrogens is 414 g/mol. The number of hydrogen-bond donors (Lipinski definition) is 2. The van der Waals surface area contributed by atoms with Crippen molar-refractivity contribution in [2.45, 2.75) is 12.5 Å². The second-order valence-electron chi connectivity index (χ2n) is 7.26. The number of amides is 1. The van der Waals surface area contributed by atoms with Gasteiger partial charge in [0.2, 0.25) is 10.0 Å².